The second kappa shape index (κ2) is 6.99. The first kappa shape index (κ1) is 17.7. The predicted octanol–water partition coefficient (Wildman–Crippen LogP) is 3.81. The van der Waals surface area contributed by atoms with E-state index in [-0.39, 0.29) is 11.3 Å². The molecule has 5 nitrogen and oxygen atoms in total. The van der Waals surface area contributed by atoms with E-state index in [9.17, 15) is 18.0 Å². The number of H-pyrrole nitrogens is 1. The van der Waals surface area contributed by atoms with Crippen LogP contribution in [-0.4, -0.2) is 27.3 Å². The highest BCUT2D eigenvalue weighted by atomic mass is 19.4. The summed E-state index contributed by atoms with van der Waals surface area (Å²) in [7, 11) is 0. The minimum atomic E-state index is -4.65. The lowest BCUT2D eigenvalue weighted by Gasteiger charge is -2.21. The van der Waals surface area contributed by atoms with E-state index in [0.717, 1.165) is 17.3 Å². The molecule has 3 aromatic rings. The molecular weight excluding hydrogens is 345 g/mol. The summed E-state index contributed by atoms with van der Waals surface area (Å²) in [4.78, 5) is 15.9. The molecule has 0 fully saturated rings. The van der Waals surface area contributed by atoms with Gasteiger partial charge in [-0.3, -0.25) is 14.9 Å². The van der Waals surface area contributed by atoms with Crippen molar-refractivity contribution in [2.45, 2.75) is 19.1 Å². The number of carbonyl (C=O) groups is 1. The molecule has 0 bridgehead atoms. The normalized spacial score (nSPS) is 12.6. The van der Waals surface area contributed by atoms with Gasteiger partial charge in [-0.15, -0.1) is 0 Å². The van der Waals surface area contributed by atoms with Crippen molar-refractivity contribution in [1.82, 2.24) is 20.5 Å². The molecule has 0 aliphatic heterocycles. The van der Waals surface area contributed by atoms with Crippen LogP contribution in [0.4, 0.5) is 13.2 Å². The van der Waals surface area contributed by atoms with Gasteiger partial charge in [-0.05, 0) is 19.1 Å². The molecule has 1 atom stereocenters. The van der Waals surface area contributed by atoms with Gasteiger partial charge < -0.3 is 5.32 Å². The number of pyridine rings is 1. The van der Waals surface area contributed by atoms with E-state index in [1.165, 1.54) is 24.4 Å². The maximum atomic E-state index is 13.3. The SMILES string of the molecule is Cc1ccc(-c2cc(C(=O)NC(c3cccnc3)C(F)(F)F)[nH]n2)cc1. The van der Waals surface area contributed by atoms with Crippen molar-refractivity contribution in [2.75, 3.05) is 0 Å². The predicted molar refractivity (Wildman–Crippen MR) is 89.3 cm³/mol. The van der Waals surface area contributed by atoms with Crippen molar-refractivity contribution in [1.29, 1.82) is 0 Å². The fraction of sp³-hybridized carbons (Fsp3) is 0.167. The van der Waals surface area contributed by atoms with E-state index in [4.69, 9.17) is 0 Å². The number of halogens is 3. The number of aryl methyl sites for hydroxylation is 1. The molecule has 2 aromatic heterocycles. The number of hydrogen-bond donors (Lipinski definition) is 2. The number of amides is 1. The first-order valence-electron chi connectivity index (χ1n) is 7.74. The maximum Gasteiger partial charge on any atom is 0.412 e. The van der Waals surface area contributed by atoms with Gasteiger partial charge in [0.25, 0.3) is 5.91 Å². The molecule has 0 saturated heterocycles. The summed E-state index contributed by atoms with van der Waals surface area (Å²) in [5.74, 6) is -0.901. The van der Waals surface area contributed by atoms with Crippen molar-refractivity contribution < 1.29 is 18.0 Å². The molecule has 1 unspecified atom stereocenters. The number of nitrogens with one attached hydrogen (secondary N) is 2. The molecule has 26 heavy (non-hydrogen) atoms. The summed E-state index contributed by atoms with van der Waals surface area (Å²) in [5.41, 5.74) is 2.09. The molecule has 0 radical (unpaired) electrons. The van der Waals surface area contributed by atoms with Gasteiger partial charge in [0.05, 0.1) is 5.69 Å². The van der Waals surface area contributed by atoms with Crippen LogP contribution in [-0.2, 0) is 0 Å². The number of hydrogen-bond acceptors (Lipinski definition) is 3. The van der Waals surface area contributed by atoms with E-state index in [0.29, 0.717) is 5.69 Å². The van der Waals surface area contributed by atoms with Gasteiger partial charge in [0.2, 0.25) is 0 Å². The second-order valence-corrected chi connectivity index (χ2v) is 5.77. The van der Waals surface area contributed by atoms with Gasteiger partial charge in [0.1, 0.15) is 5.69 Å². The van der Waals surface area contributed by atoms with Crippen LogP contribution in [0.1, 0.15) is 27.7 Å². The van der Waals surface area contributed by atoms with E-state index in [2.05, 4.69) is 15.2 Å². The van der Waals surface area contributed by atoms with Gasteiger partial charge in [-0.2, -0.15) is 18.3 Å². The highest BCUT2D eigenvalue weighted by Crippen LogP contribution is 2.32. The van der Waals surface area contributed by atoms with Crippen LogP contribution >= 0.6 is 0 Å². The molecule has 0 spiro atoms. The van der Waals surface area contributed by atoms with Gasteiger partial charge in [-0.25, -0.2) is 0 Å². The first-order valence-corrected chi connectivity index (χ1v) is 7.74. The van der Waals surface area contributed by atoms with Crippen LogP contribution in [0.3, 0.4) is 0 Å². The van der Waals surface area contributed by atoms with Crippen molar-refractivity contribution in [3.05, 3.63) is 71.7 Å². The Morgan fingerprint density at radius 3 is 2.54 bits per heavy atom. The van der Waals surface area contributed by atoms with Gasteiger partial charge >= 0.3 is 6.18 Å². The summed E-state index contributed by atoms with van der Waals surface area (Å²) in [6.07, 6.45) is -2.22. The number of alkyl halides is 3. The number of carbonyl (C=O) groups excluding carboxylic acids is 1. The van der Waals surface area contributed by atoms with Crippen LogP contribution < -0.4 is 5.32 Å². The Balaban J connectivity index is 1.81. The number of aromatic amines is 1. The molecule has 134 valence electrons. The summed E-state index contributed by atoms with van der Waals surface area (Å²) >= 11 is 0. The Bertz CT molecular complexity index is 889. The average molecular weight is 360 g/mol. The molecule has 0 aliphatic rings. The summed E-state index contributed by atoms with van der Waals surface area (Å²) in [5, 5.41) is 8.47. The number of rotatable bonds is 4. The zero-order valence-corrected chi connectivity index (χ0v) is 13.7. The lowest BCUT2D eigenvalue weighted by molar-refractivity contribution is -0.155. The van der Waals surface area contributed by atoms with Crippen LogP contribution in [0.15, 0.2) is 54.9 Å². The number of benzene rings is 1. The third-order valence-corrected chi connectivity index (χ3v) is 3.79. The Morgan fingerprint density at radius 1 is 1.19 bits per heavy atom. The topological polar surface area (TPSA) is 70.7 Å². The Morgan fingerprint density at radius 2 is 1.92 bits per heavy atom. The summed E-state index contributed by atoms with van der Waals surface area (Å²) in [6, 6.07) is 9.30. The third kappa shape index (κ3) is 3.90. The smallest absolute Gasteiger partial charge is 0.335 e. The second-order valence-electron chi connectivity index (χ2n) is 5.77. The maximum absolute atomic E-state index is 13.3. The standard InChI is InChI=1S/C18H15F3N4O/c1-11-4-6-12(7-5-11)14-9-15(25-24-14)17(26)23-16(18(19,20)21)13-3-2-8-22-10-13/h2-10,16H,1H3,(H,23,26)(H,24,25). The van der Waals surface area contributed by atoms with E-state index in [1.807, 2.05) is 36.5 Å². The molecule has 8 heteroatoms. The highest BCUT2D eigenvalue weighted by molar-refractivity contribution is 5.93. The Labute approximate surface area is 147 Å². The van der Waals surface area contributed by atoms with Gasteiger partial charge in [0.15, 0.2) is 6.04 Å². The molecule has 2 heterocycles. The van der Waals surface area contributed by atoms with Crippen molar-refractivity contribution in [2.24, 2.45) is 0 Å². The lowest BCUT2D eigenvalue weighted by atomic mass is 10.1. The van der Waals surface area contributed by atoms with Crippen LogP contribution in [0.5, 0.6) is 0 Å². The minimum absolute atomic E-state index is 0.0567. The van der Waals surface area contributed by atoms with Crippen molar-refractivity contribution in [3.8, 4) is 11.3 Å². The molecular formula is C18H15F3N4O. The summed E-state index contributed by atoms with van der Waals surface area (Å²) < 4.78 is 40.0. The number of aromatic nitrogens is 3. The third-order valence-electron chi connectivity index (χ3n) is 3.79. The monoisotopic (exact) mass is 360 g/mol. The zero-order chi connectivity index (χ0) is 18.7. The average Bonchev–Trinajstić information content (AvgIpc) is 3.10. The molecule has 2 N–H and O–H groups in total. The largest absolute Gasteiger partial charge is 0.412 e. The van der Waals surface area contributed by atoms with E-state index < -0.39 is 18.1 Å². The van der Waals surface area contributed by atoms with Crippen LogP contribution in [0.2, 0.25) is 0 Å². The Hall–Kier alpha value is -3.16. The van der Waals surface area contributed by atoms with Crippen molar-refractivity contribution >= 4 is 5.91 Å². The van der Waals surface area contributed by atoms with Gasteiger partial charge in [-0.1, -0.05) is 35.9 Å². The quantitative estimate of drug-likeness (QED) is 0.743. The fourth-order valence-electron chi connectivity index (χ4n) is 2.42. The molecule has 3 rings (SSSR count). The van der Waals surface area contributed by atoms with Gasteiger partial charge in [0, 0.05) is 23.5 Å². The molecule has 0 aliphatic carbocycles. The van der Waals surface area contributed by atoms with E-state index in [1.54, 1.807) is 0 Å². The first-order chi connectivity index (χ1) is 12.3. The fourth-order valence-corrected chi connectivity index (χ4v) is 2.42. The number of nitrogens with zero attached hydrogens (tertiary/aromatic N) is 2. The molecule has 1 aromatic carbocycles. The van der Waals surface area contributed by atoms with Crippen LogP contribution in [0, 0.1) is 6.92 Å². The van der Waals surface area contributed by atoms with Crippen molar-refractivity contribution in [3.63, 3.8) is 0 Å². The molecule has 1 amide bonds. The zero-order valence-electron chi connectivity index (χ0n) is 13.7. The Kier molecular flexibility index (Phi) is 4.75. The van der Waals surface area contributed by atoms with Crippen LogP contribution in [0.25, 0.3) is 11.3 Å². The summed E-state index contributed by atoms with van der Waals surface area (Å²) in [6.45, 7) is 1.93. The molecule has 0 saturated carbocycles. The highest BCUT2D eigenvalue weighted by Gasteiger charge is 2.42. The lowest BCUT2D eigenvalue weighted by Crippen LogP contribution is -2.38. The minimum Gasteiger partial charge on any atom is -0.335 e. The van der Waals surface area contributed by atoms with E-state index >= 15 is 0 Å².